The molecule has 2 aromatic rings. The normalized spacial score (nSPS) is 11.3. The molecule has 0 spiro atoms. The maximum Gasteiger partial charge on any atom is 0.230 e. The third kappa shape index (κ3) is 2.15. The van der Waals surface area contributed by atoms with Gasteiger partial charge in [-0.15, -0.1) is 0 Å². The fourth-order valence-corrected chi connectivity index (χ4v) is 1.33. The van der Waals surface area contributed by atoms with Crippen LogP contribution < -0.4 is 0 Å². The zero-order chi connectivity index (χ0) is 10.7. The van der Waals surface area contributed by atoms with Gasteiger partial charge < -0.3 is 9.72 Å². The summed E-state index contributed by atoms with van der Waals surface area (Å²) in [5.74, 6) is 0.573. The van der Waals surface area contributed by atoms with Gasteiger partial charge in [-0.05, 0) is 31.5 Å². The van der Waals surface area contributed by atoms with E-state index < -0.39 is 0 Å². The van der Waals surface area contributed by atoms with Crippen molar-refractivity contribution in [2.75, 3.05) is 6.61 Å². The average molecular weight is 203 g/mol. The number of imidazole rings is 1. The van der Waals surface area contributed by atoms with Gasteiger partial charge in [0.2, 0.25) is 5.95 Å². The summed E-state index contributed by atoms with van der Waals surface area (Å²) in [5, 5.41) is 0. The lowest BCUT2D eigenvalue weighted by atomic mass is 10.2. The lowest BCUT2D eigenvalue weighted by molar-refractivity contribution is 0.344. The molecule has 2 rings (SSSR count). The van der Waals surface area contributed by atoms with Crippen LogP contribution in [0.2, 0.25) is 0 Å². The number of benzene rings is 1. The third-order valence-corrected chi connectivity index (χ3v) is 2.04. The second kappa shape index (κ2) is 4.13. The molecule has 0 fully saturated rings. The fraction of sp³-hybridized carbons (Fsp3) is 0.273. The first-order valence-electron chi connectivity index (χ1n) is 4.90. The number of fused-ring (bicyclic) bond motifs is 1. The topological polar surface area (TPSA) is 50.3 Å². The SMILES string of the molecule is CCO/C=N\c1nc2ccc(C)cc2[nH]1. The third-order valence-electron chi connectivity index (χ3n) is 2.04. The molecule has 15 heavy (non-hydrogen) atoms. The number of aryl methyl sites for hydroxylation is 1. The lowest BCUT2D eigenvalue weighted by Crippen LogP contribution is -1.83. The van der Waals surface area contributed by atoms with Crippen molar-refractivity contribution < 1.29 is 4.74 Å². The summed E-state index contributed by atoms with van der Waals surface area (Å²) in [4.78, 5) is 11.4. The van der Waals surface area contributed by atoms with E-state index >= 15 is 0 Å². The Balaban J connectivity index is 2.30. The van der Waals surface area contributed by atoms with Crippen LogP contribution in [0.3, 0.4) is 0 Å². The second-order valence-corrected chi connectivity index (χ2v) is 3.27. The Labute approximate surface area is 88.0 Å². The minimum Gasteiger partial charge on any atom is -0.483 e. The quantitative estimate of drug-likeness (QED) is 0.615. The number of ether oxygens (including phenoxy) is 1. The molecule has 0 atom stereocenters. The highest BCUT2D eigenvalue weighted by atomic mass is 16.5. The van der Waals surface area contributed by atoms with Crippen LogP contribution in [-0.4, -0.2) is 23.0 Å². The molecule has 0 aliphatic rings. The Hall–Kier alpha value is -1.84. The fourth-order valence-electron chi connectivity index (χ4n) is 1.33. The van der Waals surface area contributed by atoms with E-state index in [1.54, 1.807) is 0 Å². The molecule has 0 saturated carbocycles. The molecule has 0 bridgehead atoms. The van der Waals surface area contributed by atoms with Crippen molar-refractivity contribution in [1.29, 1.82) is 0 Å². The molecule has 78 valence electrons. The predicted octanol–water partition coefficient (Wildman–Crippen LogP) is 2.57. The predicted molar refractivity (Wildman–Crippen MR) is 60.6 cm³/mol. The molecule has 0 amide bonds. The molecule has 1 heterocycles. The molecule has 4 nitrogen and oxygen atoms in total. The van der Waals surface area contributed by atoms with Gasteiger partial charge >= 0.3 is 0 Å². The van der Waals surface area contributed by atoms with E-state index in [0.29, 0.717) is 12.6 Å². The molecule has 0 unspecified atom stereocenters. The molecular formula is C11H13N3O. The Morgan fingerprint density at radius 3 is 3.20 bits per heavy atom. The first-order chi connectivity index (χ1) is 7.29. The standard InChI is InChI=1S/C11H13N3O/c1-3-15-7-12-11-13-9-5-4-8(2)6-10(9)14-11/h4-7H,3H2,1-2H3,(H,13,14)/b12-7-. The Morgan fingerprint density at radius 2 is 2.40 bits per heavy atom. The van der Waals surface area contributed by atoms with Crippen LogP contribution in [0, 0.1) is 6.92 Å². The van der Waals surface area contributed by atoms with Gasteiger partial charge in [0.15, 0.2) is 6.40 Å². The van der Waals surface area contributed by atoms with Crippen LogP contribution in [0.15, 0.2) is 23.2 Å². The minimum atomic E-state index is 0.573. The van der Waals surface area contributed by atoms with E-state index in [1.165, 1.54) is 12.0 Å². The van der Waals surface area contributed by atoms with Crippen LogP contribution in [0.5, 0.6) is 0 Å². The zero-order valence-corrected chi connectivity index (χ0v) is 8.82. The highest BCUT2D eigenvalue weighted by Crippen LogP contribution is 2.16. The van der Waals surface area contributed by atoms with Crippen molar-refractivity contribution in [1.82, 2.24) is 9.97 Å². The van der Waals surface area contributed by atoms with Gasteiger partial charge in [0, 0.05) is 0 Å². The molecule has 0 saturated heterocycles. The van der Waals surface area contributed by atoms with Gasteiger partial charge in [-0.1, -0.05) is 6.07 Å². The summed E-state index contributed by atoms with van der Waals surface area (Å²) < 4.78 is 5.01. The summed E-state index contributed by atoms with van der Waals surface area (Å²) in [6.45, 7) is 4.57. The van der Waals surface area contributed by atoms with Crippen LogP contribution in [0.25, 0.3) is 11.0 Å². The second-order valence-electron chi connectivity index (χ2n) is 3.27. The maximum atomic E-state index is 5.01. The van der Waals surface area contributed by atoms with Crippen molar-refractivity contribution in [2.24, 2.45) is 4.99 Å². The Kier molecular flexibility index (Phi) is 2.67. The molecule has 1 aromatic heterocycles. The van der Waals surface area contributed by atoms with Crippen molar-refractivity contribution in [3.8, 4) is 0 Å². The number of nitrogens with zero attached hydrogens (tertiary/aromatic N) is 2. The number of aromatic nitrogens is 2. The van der Waals surface area contributed by atoms with Gasteiger partial charge in [0.25, 0.3) is 0 Å². The van der Waals surface area contributed by atoms with E-state index in [0.717, 1.165) is 11.0 Å². The lowest BCUT2D eigenvalue weighted by Gasteiger charge is -1.89. The van der Waals surface area contributed by atoms with E-state index in [9.17, 15) is 0 Å². The maximum absolute atomic E-state index is 5.01. The van der Waals surface area contributed by atoms with E-state index in [-0.39, 0.29) is 0 Å². The number of rotatable bonds is 3. The average Bonchev–Trinajstić information content (AvgIpc) is 2.60. The molecule has 1 N–H and O–H groups in total. The molecule has 0 aliphatic carbocycles. The molecule has 0 radical (unpaired) electrons. The van der Waals surface area contributed by atoms with Gasteiger partial charge in [-0.25, -0.2) is 4.98 Å². The van der Waals surface area contributed by atoms with Crippen molar-refractivity contribution >= 4 is 23.4 Å². The number of nitrogens with one attached hydrogen (secondary N) is 1. The van der Waals surface area contributed by atoms with Crippen LogP contribution in [0.1, 0.15) is 12.5 Å². The summed E-state index contributed by atoms with van der Waals surface area (Å²) in [6.07, 6.45) is 1.41. The largest absolute Gasteiger partial charge is 0.483 e. The zero-order valence-electron chi connectivity index (χ0n) is 8.82. The van der Waals surface area contributed by atoms with Crippen LogP contribution >= 0.6 is 0 Å². The molecule has 0 aliphatic heterocycles. The Bertz CT molecular complexity index is 488. The van der Waals surface area contributed by atoms with Gasteiger partial charge in [-0.2, -0.15) is 4.99 Å². The summed E-state index contributed by atoms with van der Waals surface area (Å²) in [6, 6.07) is 6.04. The highest BCUT2D eigenvalue weighted by Gasteiger charge is 2.00. The molecule has 4 heteroatoms. The summed E-state index contributed by atoms with van der Waals surface area (Å²) in [7, 11) is 0. The number of aliphatic imine (C=N–C) groups is 1. The summed E-state index contributed by atoms with van der Waals surface area (Å²) >= 11 is 0. The number of H-pyrrole nitrogens is 1. The first-order valence-corrected chi connectivity index (χ1v) is 4.90. The molecule has 1 aromatic carbocycles. The number of hydrogen-bond donors (Lipinski definition) is 1. The van der Waals surface area contributed by atoms with E-state index in [2.05, 4.69) is 15.0 Å². The smallest absolute Gasteiger partial charge is 0.230 e. The highest BCUT2D eigenvalue weighted by molar-refractivity contribution is 5.78. The van der Waals surface area contributed by atoms with Crippen molar-refractivity contribution in [3.63, 3.8) is 0 Å². The molecular weight excluding hydrogens is 190 g/mol. The van der Waals surface area contributed by atoms with Gasteiger partial charge in [0.1, 0.15) is 0 Å². The van der Waals surface area contributed by atoms with E-state index in [4.69, 9.17) is 4.74 Å². The van der Waals surface area contributed by atoms with Crippen LogP contribution in [0.4, 0.5) is 5.95 Å². The first kappa shape index (κ1) is 9.71. The van der Waals surface area contributed by atoms with Crippen molar-refractivity contribution in [2.45, 2.75) is 13.8 Å². The summed E-state index contributed by atoms with van der Waals surface area (Å²) in [5.41, 5.74) is 3.12. The number of aromatic amines is 1. The minimum absolute atomic E-state index is 0.573. The monoisotopic (exact) mass is 203 g/mol. The van der Waals surface area contributed by atoms with Gasteiger partial charge in [0.05, 0.1) is 17.6 Å². The van der Waals surface area contributed by atoms with Gasteiger partial charge in [-0.3, -0.25) is 0 Å². The van der Waals surface area contributed by atoms with Crippen molar-refractivity contribution in [3.05, 3.63) is 23.8 Å². The van der Waals surface area contributed by atoms with E-state index in [1.807, 2.05) is 32.0 Å². The van der Waals surface area contributed by atoms with Crippen LogP contribution in [-0.2, 0) is 4.74 Å². The number of hydrogen-bond acceptors (Lipinski definition) is 3. The Morgan fingerprint density at radius 1 is 1.53 bits per heavy atom.